The van der Waals surface area contributed by atoms with E-state index in [1.807, 2.05) is 30.3 Å². The predicted octanol–water partition coefficient (Wildman–Crippen LogP) is 2.71. The van der Waals surface area contributed by atoms with Crippen molar-refractivity contribution in [2.24, 2.45) is 0 Å². The summed E-state index contributed by atoms with van der Waals surface area (Å²) in [6.07, 6.45) is 0. The van der Waals surface area contributed by atoms with Gasteiger partial charge in [0.25, 0.3) is 5.91 Å². The third kappa shape index (κ3) is 2.77. The monoisotopic (exact) mass is 348 g/mol. The second kappa shape index (κ2) is 6.32. The van der Waals surface area contributed by atoms with Crippen molar-refractivity contribution in [3.05, 3.63) is 60.0 Å². The topological polar surface area (TPSA) is 97.7 Å². The minimum atomic E-state index is -0.231. The summed E-state index contributed by atoms with van der Waals surface area (Å²) in [7, 11) is 1.57. The number of tetrazole rings is 1. The first kappa shape index (κ1) is 15.8. The van der Waals surface area contributed by atoms with Gasteiger partial charge in [0, 0.05) is 16.6 Å². The fourth-order valence-electron chi connectivity index (χ4n) is 2.78. The normalized spacial score (nSPS) is 10.8. The molecule has 2 aromatic heterocycles. The van der Waals surface area contributed by atoms with Crippen LogP contribution in [0.5, 0.6) is 5.75 Å². The molecule has 2 heterocycles. The predicted molar refractivity (Wildman–Crippen MR) is 96.7 cm³/mol. The van der Waals surface area contributed by atoms with Gasteiger partial charge < -0.3 is 15.0 Å². The van der Waals surface area contributed by atoms with E-state index >= 15 is 0 Å². The Balaban J connectivity index is 1.65. The van der Waals surface area contributed by atoms with Crippen LogP contribution in [-0.2, 0) is 0 Å². The van der Waals surface area contributed by atoms with E-state index in [1.165, 1.54) is 0 Å². The number of aromatic amines is 1. The zero-order chi connectivity index (χ0) is 18.1. The van der Waals surface area contributed by atoms with Crippen LogP contribution in [0.2, 0.25) is 0 Å². The maximum absolute atomic E-state index is 12.6. The highest BCUT2D eigenvalue weighted by molar-refractivity contribution is 6.06. The number of aryl methyl sites for hydroxylation is 1. The molecule has 0 radical (unpaired) electrons. The van der Waals surface area contributed by atoms with Crippen LogP contribution in [0.1, 0.15) is 16.3 Å². The Labute approximate surface area is 148 Å². The highest BCUT2D eigenvalue weighted by Crippen LogP contribution is 2.26. The molecule has 8 heteroatoms. The average molecular weight is 348 g/mol. The Morgan fingerprint density at radius 3 is 2.77 bits per heavy atom. The molecule has 0 fully saturated rings. The summed E-state index contributed by atoms with van der Waals surface area (Å²) in [4.78, 5) is 15.7. The third-order valence-electron chi connectivity index (χ3n) is 4.06. The zero-order valence-corrected chi connectivity index (χ0v) is 14.2. The number of hydrogen-bond donors (Lipinski definition) is 2. The molecule has 26 heavy (non-hydrogen) atoms. The van der Waals surface area contributed by atoms with Crippen LogP contribution < -0.4 is 10.1 Å². The van der Waals surface area contributed by atoms with Crippen molar-refractivity contribution >= 4 is 22.5 Å². The van der Waals surface area contributed by atoms with Crippen molar-refractivity contribution in [3.8, 4) is 11.4 Å². The SMILES string of the molecule is COc1ccc(NC(=O)c2cc3ccccc3[nH]2)cc1-n1nnnc1C. The molecule has 0 aliphatic heterocycles. The lowest BCUT2D eigenvalue weighted by atomic mass is 10.2. The number of nitrogens with zero attached hydrogens (tertiary/aromatic N) is 4. The van der Waals surface area contributed by atoms with E-state index in [0.717, 1.165) is 10.9 Å². The van der Waals surface area contributed by atoms with Crippen LogP contribution in [0, 0.1) is 6.92 Å². The van der Waals surface area contributed by atoms with Gasteiger partial charge in [-0.1, -0.05) is 18.2 Å². The number of nitrogens with one attached hydrogen (secondary N) is 2. The van der Waals surface area contributed by atoms with Crippen LogP contribution in [0.25, 0.3) is 16.6 Å². The minimum Gasteiger partial charge on any atom is -0.494 e. The summed E-state index contributed by atoms with van der Waals surface area (Å²) in [5, 5.41) is 15.4. The number of fused-ring (bicyclic) bond motifs is 1. The molecule has 2 aromatic carbocycles. The molecule has 0 spiro atoms. The summed E-state index contributed by atoms with van der Waals surface area (Å²) >= 11 is 0. The molecule has 0 unspecified atom stereocenters. The van der Waals surface area contributed by atoms with E-state index in [2.05, 4.69) is 25.8 Å². The van der Waals surface area contributed by atoms with Crippen molar-refractivity contribution < 1.29 is 9.53 Å². The summed E-state index contributed by atoms with van der Waals surface area (Å²) in [5.74, 6) is 0.983. The summed E-state index contributed by atoms with van der Waals surface area (Å²) in [6, 6.07) is 14.8. The first-order chi connectivity index (χ1) is 12.7. The van der Waals surface area contributed by atoms with Gasteiger partial charge in [-0.3, -0.25) is 4.79 Å². The number of ether oxygens (including phenoxy) is 1. The number of aromatic nitrogens is 5. The Hall–Kier alpha value is -3.68. The number of methoxy groups -OCH3 is 1. The van der Waals surface area contributed by atoms with Crippen molar-refractivity contribution in [1.29, 1.82) is 0 Å². The van der Waals surface area contributed by atoms with Gasteiger partial charge in [-0.15, -0.1) is 5.10 Å². The van der Waals surface area contributed by atoms with Gasteiger partial charge in [0.05, 0.1) is 7.11 Å². The number of para-hydroxylation sites is 1. The number of hydrogen-bond acceptors (Lipinski definition) is 5. The van der Waals surface area contributed by atoms with Gasteiger partial charge in [0.2, 0.25) is 0 Å². The third-order valence-corrected chi connectivity index (χ3v) is 4.06. The lowest BCUT2D eigenvalue weighted by molar-refractivity contribution is 0.102. The van der Waals surface area contributed by atoms with Gasteiger partial charge >= 0.3 is 0 Å². The van der Waals surface area contributed by atoms with E-state index in [4.69, 9.17) is 4.74 Å². The van der Waals surface area contributed by atoms with Gasteiger partial charge in [0.1, 0.15) is 17.1 Å². The maximum Gasteiger partial charge on any atom is 0.272 e. The second-order valence-corrected chi connectivity index (χ2v) is 5.75. The molecule has 4 aromatic rings. The molecular weight excluding hydrogens is 332 g/mol. The first-order valence-corrected chi connectivity index (χ1v) is 7.98. The van der Waals surface area contributed by atoms with Gasteiger partial charge in [-0.05, 0) is 47.7 Å². The average Bonchev–Trinajstić information content (AvgIpc) is 3.27. The first-order valence-electron chi connectivity index (χ1n) is 7.98. The summed E-state index contributed by atoms with van der Waals surface area (Å²) < 4.78 is 6.93. The van der Waals surface area contributed by atoms with E-state index in [-0.39, 0.29) is 5.91 Å². The fourth-order valence-corrected chi connectivity index (χ4v) is 2.78. The lowest BCUT2D eigenvalue weighted by Gasteiger charge is -2.11. The van der Waals surface area contributed by atoms with E-state index in [1.54, 1.807) is 36.9 Å². The van der Waals surface area contributed by atoms with Crippen molar-refractivity contribution in [2.45, 2.75) is 6.92 Å². The Kier molecular flexibility index (Phi) is 3.85. The number of amides is 1. The highest BCUT2D eigenvalue weighted by Gasteiger charge is 2.14. The van der Waals surface area contributed by atoms with Crippen molar-refractivity contribution in [2.75, 3.05) is 12.4 Å². The van der Waals surface area contributed by atoms with E-state index < -0.39 is 0 Å². The van der Waals surface area contributed by atoms with Crippen LogP contribution in [0.4, 0.5) is 5.69 Å². The summed E-state index contributed by atoms with van der Waals surface area (Å²) in [5.41, 5.74) is 2.66. The number of carbonyl (C=O) groups is 1. The zero-order valence-electron chi connectivity index (χ0n) is 14.2. The van der Waals surface area contributed by atoms with Crippen molar-refractivity contribution in [3.63, 3.8) is 0 Å². The van der Waals surface area contributed by atoms with Crippen LogP contribution in [-0.4, -0.2) is 38.2 Å². The largest absolute Gasteiger partial charge is 0.494 e. The molecule has 0 aliphatic rings. The number of carbonyl (C=O) groups excluding carboxylic acids is 1. The number of H-pyrrole nitrogens is 1. The Morgan fingerprint density at radius 2 is 2.04 bits per heavy atom. The van der Waals surface area contributed by atoms with Gasteiger partial charge in [-0.2, -0.15) is 4.68 Å². The van der Waals surface area contributed by atoms with Crippen LogP contribution in [0.3, 0.4) is 0 Å². The fraction of sp³-hybridized carbons (Fsp3) is 0.111. The van der Waals surface area contributed by atoms with E-state index in [0.29, 0.717) is 28.6 Å². The lowest BCUT2D eigenvalue weighted by Crippen LogP contribution is -2.13. The molecule has 0 saturated heterocycles. The smallest absolute Gasteiger partial charge is 0.272 e. The molecule has 0 saturated carbocycles. The Morgan fingerprint density at radius 1 is 1.19 bits per heavy atom. The van der Waals surface area contributed by atoms with Gasteiger partial charge in [0.15, 0.2) is 5.82 Å². The maximum atomic E-state index is 12.6. The molecule has 2 N–H and O–H groups in total. The quantitative estimate of drug-likeness (QED) is 0.591. The standard InChI is InChI=1S/C18H16N6O2/c1-11-21-22-23-24(11)16-10-13(7-8-17(16)26-2)19-18(25)15-9-12-5-3-4-6-14(12)20-15/h3-10,20H,1-2H3,(H,19,25). The molecule has 0 aliphatic carbocycles. The molecule has 130 valence electrons. The van der Waals surface area contributed by atoms with E-state index in [9.17, 15) is 4.79 Å². The van der Waals surface area contributed by atoms with Gasteiger partial charge in [-0.25, -0.2) is 0 Å². The number of anilines is 1. The van der Waals surface area contributed by atoms with Crippen LogP contribution >= 0.6 is 0 Å². The Bertz CT molecular complexity index is 1060. The minimum absolute atomic E-state index is 0.231. The van der Waals surface area contributed by atoms with Crippen molar-refractivity contribution in [1.82, 2.24) is 25.2 Å². The molecular formula is C18H16N6O2. The molecule has 1 amide bonds. The molecule has 4 rings (SSSR count). The second-order valence-electron chi connectivity index (χ2n) is 5.75. The highest BCUT2D eigenvalue weighted by atomic mass is 16.5. The number of benzene rings is 2. The summed E-state index contributed by atoms with van der Waals surface area (Å²) in [6.45, 7) is 1.79. The molecule has 8 nitrogen and oxygen atoms in total. The number of rotatable bonds is 4. The molecule has 0 bridgehead atoms. The van der Waals surface area contributed by atoms with Crippen LogP contribution in [0.15, 0.2) is 48.5 Å². The molecule has 0 atom stereocenters.